The van der Waals surface area contributed by atoms with E-state index in [9.17, 15) is 5.11 Å². The molecule has 2 heterocycles. The molecule has 1 aromatic carbocycles. The fraction of sp³-hybridized carbons (Fsp3) is 0.0625. The molecule has 0 bridgehead atoms. The summed E-state index contributed by atoms with van der Waals surface area (Å²) in [5.41, 5.74) is 0.792. The van der Waals surface area contributed by atoms with Gasteiger partial charge in [0.1, 0.15) is 18.2 Å². The number of nitrogens with one attached hydrogen (secondary N) is 1. The predicted molar refractivity (Wildman–Crippen MR) is 85.2 cm³/mol. The van der Waals surface area contributed by atoms with Crippen LogP contribution in [0.25, 0.3) is 11.5 Å². The summed E-state index contributed by atoms with van der Waals surface area (Å²) < 4.78 is 10.6. The van der Waals surface area contributed by atoms with Gasteiger partial charge in [-0.3, -0.25) is 0 Å². The summed E-state index contributed by atoms with van der Waals surface area (Å²) in [7, 11) is 1.53. The van der Waals surface area contributed by atoms with E-state index in [2.05, 4.69) is 15.0 Å². The van der Waals surface area contributed by atoms with Crippen molar-refractivity contribution in [3.63, 3.8) is 0 Å². The molecule has 0 amide bonds. The molecule has 0 fully saturated rings. The lowest BCUT2D eigenvalue weighted by Gasteiger charge is -2.04. The second-order valence-corrected chi connectivity index (χ2v) is 4.99. The molecule has 0 spiro atoms. The molecule has 6 nitrogen and oxygen atoms in total. The summed E-state index contributed by atoms with van der Waals surface area (Å²) >= 11 is 6.00. The van der Waals surface area contributed by atoms with Crippen LogP contribution in [0.3, 0.4) is 0 Å². The van der Waals surface area contributed by atoms with Gasteiger partial charge < -0.3 is 14.3 Å². The van der Waals surface area contributed by atoms with Crippen LogP contribution in [0.5, 0.6) is 11.7 Å². The molecule has 116 valence electrons. The molecule has 7 heteroatoms. The lowest BCUT2D eigenvalue weighted by atomic mass is 10.2. The first-order valence-corrected chi connectivity index (χ1v) is 7.09. The summed E-state index contributed by atoms with van der Waals surface area (Å²) in [6.07, 6.45) is 3.16. The van der Waals surface area contributed by atoms with Crippen LogP contribution in [0.15, 0.2) is 47.0 Å². The predicted octanol–water partition coefficient (Wildman–Crippen LogP) is 1.94. The number of aromatic hydroxyl groups is 1. The quantitative estimate of drug-likeness (QED) is 0.714. The Morgan fingerprint density at radius 1 is 1.30 bits per heavy atom. The van der Waals surface area contributed by atoms with Crippen molar-refractivity contribution >= 4 is 23.6 Å². The summed E-state index contributed by atoms with van der Waals surface area (Å²) in [4.78, 5) is 11.3. The number of rotatable bonds is 4. The van der Waals surface area contributed by atoms with Crippen molar-refractivity contribution < 1.29 is 19.3 Å². The molecular formula is C16H13ClN3O3+. The van der Waals surface area contributed by atoms with E-state index in [1.165, 1.54) is 13.3 Å². The zero-order chi connectivity index (χ0) is 16.2. The Balaban J connectivity index is 1.95. The summed E-state index contributed by atoms with van der Waals surface area (Å²) in [5, 5.41) is 10.4. The fourth-order valence-electron chi connectivity index (χ4n) is 1.97. The van der Waals surface area contributed by atoms with Gasteiger partial charge in [-0.15, -0.1) is 0 Å². The number of hydrogen-bond donors (Lipinski definition) is 2. The van der Waals surface area contributed by atoms with Crippen LogP contribution in [0.4, 0.5) is 5.82 Å². The third kappa shape index (κ3) is 3.32. The molecule has 0 saturated carbocycles. The van der Waals surface area contributed by atoms with Crippen LogP contribution in [-0.2, 0) is 0 Å². The highest BCUT2D eigenvalue weighted by atomic mass is 35.5. The van der Waals surface area contributed by atoms with E-state index in [0.717, 1.165) is 0 Å². The van der Waals surface area contributed by atoms with Crippen molar-refractivity contribution in [3.05, 3.63) is 53.3 Å². The Hall–Kier alpha value is -2.86. The Kier molecular flexibility index (Phi) is 4.25. The third-order valence-electron chi connectivity index (χ3n) is 3.05. The minimum atomic E-state index is -0.314. The van der Waals surface area contributed by atoms with Gasteiger partial charge >= 0.3 is 11.8 Å². The largest absolute Gasteiger partial charge is 0.496 e. The van der Waals surface area contributed by atoms with Crippen molar-refractivity contribution in [2.45, 2.75) is 0 Å². The lowest BCUT2D eigenvalue weighted by Crippen LogP contribution is -2.62. The van der Waals surface area contributed by atoms with Gasteiger partial charge in [-0.25, -0.2) is 9.98 Å². The average molecular weight is 331 g/mol. The first kappa shape index (κ1) is 15.1. The van der Waals surface area contributed by atoms with Crippen LogP contribution in [-0.4, -0.2) is 28.4 Å². The first-order chi connectivity index (χ1) is 11.2. The van der Waals surface area contributed by atoms with Crippen molar-refractivity contribution in [1.82, 2.24) is 9.97 Å². The molecule has 3 aromatic rings. The monoisotopic (exact) mass is 330 g/mol. The smallest absolute Gasteiger partial charge is 0.320 e. The van der Waals surface area contributed by atoms with E-state index in [1.807, 2.05) is 12.1 Å². The maximum Gasteiger partial charge on any atom is 0.320 e. The van der Waals surface area contributed by atoms with Crippen LogP contribution >= 0.6 is 11.6 Å². The molecular weight excluding hydrogens is 318 g/mol. The Bertz CT molecular complexity index is 847. The molecule has 0 aliphatic heterocycles. The van der Waals surface area contributed by atoms with Crippen LogP contribution < -0.4 is 9.73 Å². The molecule has 0 saturated heterocycles. The molecule has 2 aromatic heterocycles. The van der Waals surface area contributed by atoms with Gasteiger partial charge in [0, 0.05) is 11.1 Å². The number of oxazole rings is 1. The van der Waals surface area contributed by atoms with E-state index < -0.39 is 0 Å². The third-order valence-corrected chi connectivity index (χ3v) is 3.28. The fourth-order valence-corrected chi connectivity index (χ4v) is 2.14. The molecule has 0 radical (unpaired) electrons. The highest BCUT2D eigenvalue weighted by Crippen LogP contribution is 2.34. The topological polar surface area (TPSA) is 82.4 Å². The maximum absolute atomic E-state index is 9.91. The Morgan fingerprint density at radius 3 is 2.91 bits per heavy atom. The van der Waals surface area contributed by atoms with Gasteiger partial charge in [-0.2, -0.15) is 0 Å². The van der Waals surface area contributed by atoms with Crippen LogP contribution in [0.1, 0.15) is 5.69 Å². The van der Waals surface area contributed by atoms with Crippen LogP contribution in [0, 0.1) is 0 Å². The molecule has 0 atom stereocenters. The Morgan fingerprint density at radius 2 is 2.17 bits per heavy atom. The number of ether oxygens (including phenoxy) is 1. The second-order valence-electron chi connectivity index (χ2n) is 4.56. The van der Waals surface area contributed by atoms with E-state index in [0.29, 0.717) is 22.2 Å². The number of aromatic nitrogens is 2. The molecule has 0 unspecified atom stereocenters. The first-order valence-electron chi connectivity index (χ1n) is 6.72. The van der Waals surface area contributed by atoms with Gasteiger partial charge in [0.25, 0.3) is 0 Å². The summed E-state index contributed by atoms with van der Waals surface area (Å²) in [5.74, 6) is 1.05. The number of halogens is 1. The molecule has 0 aliphatic rings. The van der Waals surface area contributed by atoms with Crippen molar-refractivity contribution in [1.29, 1.82) is 0 Å². The molecule has 3 rings (SSSR count). The minimum absolute atomic E-state index is 0.205. The highest BCUT2D eigenvalue weighted by Gasteiger charge is 2.17. The van der Waals surface area contributed by atoms with Crippen molar-refractivity contribution in [2.24, 2.45) is 0 Å². The van der Waals surface area contributed by atoms with Crippen molar-refractivity contribution in [2.75, 3.05) is 7.11 Å². The Labute approximate surface area is 137 Å². The SMILES string of the molecule is COc1ccc(Cl)cc1-c1nc(C=[NH+]c2ccccn2)c(O)o1. The van der Waals surface area contributed by atoms with E-state index in [-0.39, 0.29) is 17.5 Å². The van der Waals surface area contributed by atoms with E-state index in [4.69, 9.17) is 20.8 Å². The average Bonchev–Trinajstić information content (AvgIpc) is 2.95. The highest BCUT2D eigenvalue weighted by molar-refractivity contribution is 6.30. The van der Waals surface area contributed by atoms with Gasteiger partial charge in [0.05, 0.1) is 12.7 Å². The number of pyridine rings is 1. The molecule has 0 aliphatic carbocycles. The van der Waals surface area contributed by atoms with E-state index in [1.54, 1.807) is 30.5 Å². The number of hydrogen-bond acceptors (Lipinski definition) is 5. The van der Waals surface area contributed by atoms with Gasteiger partial charge in [-0.1, -0.05) is 22.7 Å². The van der Waals surface area contributed by atoms with Gasteiger partial charge in [-0.05, 0) is 24.3 Å². The number of nitrogens with zero attached hydrogens (tertiary/aromatic N) is 2. The maximum atomic E-state index is 9.91. The molecule has 2 N–H and O–H groups in total. The normalized spacial score (nSPS) is 11.0. The zero-order valence-electron chi connectivity index (χ0n) is 12.2. The number of benzene rings is 1. The number of methoxy groups -OCH3 is 1. The van der Waals surface area contributed by atoms with E-state index >= 15 is 0 Å². The second kappa shape index (κ2) is 6.50. The van der Waals surface area contributed by atoms with Gasteiger partial charge in [0.15, 0.2) is 5.69 Å². The van der Waals surface area contributed by atoms with Gasteiger partial charge in [0.2, 0.25) is 5.89 Å². The zero-order valence-corrected chi connectivity index (χ0v) is 12.9. The summed E-state index contributed by atoms with van der Waals surface area (Å²) in [6, 6.07) is 10.5. The lowest BCUT2D eigenvalue weighted by molar-refractivity contribution is -0.352. The van der Waals surface area contributed by atoms with Crippen LogP contribution in [0.2, 0.25) is 5.02 Å². The minimum Gasteiger partial charge on any atom is -0.496 e. The molecule has 23 heavy (non-hydrogen) atoms. The summed E-state index contributed by atoms with van der Waals surface area (Å²) in [6.45, 7) is 0. The van der Waals surface area contributed by atoms with Crippen molar-refractivity contribution in [3.8, 4) is 23.1 Å². The standard InChI is InChI=1S/C16H12ClN3O3/c1-22-13-6-5-10(17)8-11(13)15-20-12(16(21)23-15)9-19-14-4-2-3-7-18-14/h2-9,21H,1H3/p+1.